The number of hydrogen-bond donors (Lipinski definition) is 1. The third kappa shape index (κ3) is 4.31. The van der Waals surface area contributed by atoms with E-state index < -0.39 is 11.9 Å². The number of anilines is 1. The van der Waals surface area contributed by atoms with Gasteiger partial charge < -0.3 is 10.1 Å². The summed E-state index contributed by atoms with van der Waals surface area (Å²) in [5, 5.41) is 20.6. The average Bonchev–Trinajstić information content (AvgIpc) is 2.66. The van der Waals surface area contributed by atoms with Crippen molar-refractivity contribution in [1.82, 2.24) is 0 Å². The van der Waals surface area contributed by atoms with Gasteiger partial charge in [0.15, 0.2) is 0 Å². The fourth-order valence-electron chi connectivity index (χ4n) is 2.04. The summed E-state index contributed by atoms with van der Waals surface area (Å²) in [7, 11) is 1.24. The van der Waals surface area contributed by atoms with Crippen LogP contribution in [0.1, 0.15) is 21.5 Å². The van der Waals surface area contributed by atoms with Gasteiger partial charge in [-0.1, -0.05) is 24.3 Å². The van der Waals surface area contributed by atoms with Crippen LogP contribution in [0.3, 0.4) is 0 Å². The molecule has 0 unspecified atom stereocenters. The van der Waals surface area contributed by atoms with E-state index in [1.54, 1.807) is 42.5 Å². The average molecular weight is 331 g/mol. The van der Waals surface area contributed by atoms with Crippen molar-refractivity contribution in [2.45, 2.75) is 0 Å². The van der Waals surface area contributed by atoms with Gasteiger partial charge in [-0.2, -0.15) is 10.5 Å². The SMILES string of the molecule is COC(=O)c1ccccc1NC(=O)/C(C#N)=C/c1ccc(C#N)cc1. The highest BCUT2D eigenvalue weighted by Crippen LogP contribution is 2.17. The molecule has 6 heteroatoms. The number of methoxy groups -OCH3 is 1. The molecule has 0 bridgehead atoms. The van der Waals surface area contributed by atoms with E-state index in [4.69, 9.17) is 5.26 Å². The van der Waals surface area contributed by atoms with Crippen LogP contribution in [-0.2, 0) is 9.53 Å². The lowest BCUT2D eigenvalue weighted by molar-refractivity contribution is -0.112. The predicted molar refractivity (Wildman–Crippen MR) is 91.2 cm³/mol. The number of para-hydroxylation sites is 1. The van der Waals surface area contributed by atoms with Crippen molar-refractivity contribution in [2.24, 2.45) is 0 Å². The Balaban J connectivity index is 2.27. The topological polar surface area (TPSA) is 103 Å². The molecular weight excluding hydrogens is 318 g/mol. The predicted octanol–water partition coefficient (Wildman–Crippen LogP) is 2.89. The molecule has 0 aliphatic heterocycles. The molecule has 0 saturated carbocycles. The van der Waals surface area contributed by atoms with E-state index in [2.05, 4.69) is 10.1 Å². The van der Waals surface area contributed by atoms with Crippen molar-refractivity contribution >= 4 is 23.6 Å². The smallest absolute Gasteiger partial charge is 0.339 e. The molecule has 1 N–H and O–H groups in total. The van der Waals surface area contributed by atoms with E-state index in [1.807, 2.05) is 12.1 Å². The maximum absolute atomic E-state index is 12.3. The van der Waals surface area contributed by atoms with Crippen LogP contribution >= 0.6 is 0 Å². The van der Waals surface area contributed by atoms with E-state index in [0.717, 1.165) is 0 Å². The van der Waals surface area contributed by atoms with Crippen LogP contribution in [0.25, 0.3) is 6.08 Å². The molecule has 2 rings (SSSR count). The second-order valence-electron chi connectivity index (χ2n) is 4.89. The van der Waals surface area contributed by atoms with Gasteiger partial charge in [0.1, 0.15) is 11.6 Å². The van der Waals surface area contributed by atoms with Crippen LogP contribution < -0.4 is 5.32 Å². The Morgan fingerprint density at radius 1 is 1.08 bits per heavy atom. The molecule has 122 valence electrons. The largest absolute Gasteiger partial charge is 0.465 e. The van der Waals surface area contributed by atoms with Crippen LogP contribution in [0, 0.1) is 22.7 Å². The van der Waals surface area contributed by atoms with Crippen molar-refractivity contribution in [2.75, 3.05) is 12.4 Å². The number of nitrogens with zero attached hydrogens (tertiary/aromatic N) is 2. The number of esters is 1. The van der Waals surface area contributed by atoms with Crippen molar-refractivity contribution < 1.29 is 14.3 Å². The number of carbonyl (C=O) groups is 2. The minimum Gasteiger partial charge on any atom is -0.465 e. The fraction of sp³-hybridized carbons (Fsp3) is 0.0526. The van der Waals surface area contributed by atoms with Gasteiger partial charge in [-0.3, -0.25) is 4.79 Å². The Morgan fingerprint density at radius 2 is 1.76 bits per heavy atom. The van der Waals surface area contributed by atoms with Crippen molar-refractivity contribution in [3.8, 4) is 12.1 Å². The van der Waals surface area contributed by atoms with Gasteiger partial charge in [0, 0.05) is 0 Å². The number of ether oxygens (including phenoxy) is 1. The zero-order valence-corrected chi connectivity index (χ0v) is 13.3. The van der Waals surface area contributed by atoms with Gasteiger partial charge in [0.05, 0.1) is 30.0 Å². The molecule has 0 aliphatic carbocycles. The number of hydrogen-bond acceptors (Lipinski definition) is 5. The fourth-order valence-corrected chi connectivity index (χ4v) is 2.04. The zero-order chi connectivity index (χ0) is 18.2. The van der Waals surface area contributed by atoms with Gasteiger partial charge in [0.25, 0.3) is 5.91 Å². The Hall–Kier alpha value is -3.90. The monoisotopic (exact) mass is 331 g/mol. The first-order valence-electron chi connectivity index (χ1n) is 7.19. The number of benzene rings is 2. The summed E-state index contributed by atoms with van der Waals surface area (Å²) >= 11 is 0. The Labute approximate surface area is 144 Å². The second kappa shape index (κ2) is 8.09. The summed E-state index contributed by atoms with van der Waals surface area (Å²) < 4.78 is 4.67. The third-order valence-electron chi connectivity index (χ3n) is 3.30. The maximum atomic E-state index is 12.3. The lowest BCUT2D eigenvalue weighted by atomic mass is 10.1. The highest BCUT2D eigenvalue weighted by atomic mass is 16.5. The molecule has 1 amide bonds. The van der Waals surface area contributed by atoms with Crippen LogP contribution in [0.4, 0.5) is 5.69 Å². The van der Waals surface area contributed by atoms with Crippen LogP contribution in [0.2, 0.25) is 0 Å². The zero-order valence-electron chi connectivity index (χ0n) is 13.3. The standard InChI is InChI=1S/C19H13N3O3/c1-25-19(24)16-4-2-3-5-17(16)22-18(23)15(12-21)10-13-6-8-14(11-20)9-7-13/h2-10H,1H3,(H,22,23)/b15-10+. The highest BCUT2D eigenvalue weighted by Gasteiger charge is 2.15. The first-order valence-corrected chi connectivity index (χ1v) is 7.19. The number of nitriles is 2. The van der Waals surface area contributed by atoms with E-state index in [-0.39, 0.29) is 16.8 Å². The summed E-state index contributed by atoms with van der Waals surface area (Å²) in [5.41, 5.74) is 1.39. The van der Waals surface area contributed by atoms with E-state index >= 15 is 0 Å². The molecule has 0 saturated heterocycles. The first kappa shape index (κ1) is 17.5. The minimum absolute atomic E-state index is 0.135. The Kier molecular flexibility index (Phi) is 5.65. The second-order valence-corrected chi connectivity index (χ2v) is 4.89. The first-order chi connectivity index (χ1) is 12.1. The molecule has 25 heavy (non-hydrogen) atoms. The van der Waals surface area contributed by atoms with Crippen molar-refractivity contribution in [3.05, 3.63) is 70.8 Å². The molecule has 0 atom stereocenters. The molecule has 6 nitrogen and oxygen atoms in total. The number of rotatable bonds is 4. The lowest BCUT2D eigenvalue weighted by Crippen LogP contribution is -2.16. The number of carbonyl (C=O) groups excluding carboxylic acids is 2. The molecular formula is C19H13N3O3. The minimum atomic E-state index is -0.650. The molecule has 0 aromatic heterocycles. The summed E-state index contributed by atoms with van der Waals surface area (Å²) in [4.78, 5) is 24.1. The van der Waals surface area contributed by atoms with E-state index in [9.17, 15) is 14.9 Å². The molecule has 2 aromatic carbocycles. The third-order valence-corrected chi connectivity index (χ3v) is 3.30. The lowest BCUT2D eigenvalue weighted by Gasteiger charge is -2.09. The summed E-state index contributed by atoms with van der Waals surface area (Å²) in [6, 6.07) is 16.6. The Bertz CT molecular complexity index is 916. The maximum Gasteiger partial charge on any atom is 0.339 e. The molecule has 0 radical (unpaired) electrons. The van der Waals surface area contributed by atoms with Gasteiger partial charge in [0.2, 0.25) is 0 Å². The van der Waals surface area contributed by atoms with Crippen molar-refractivity contribution in [1.29, 1.82) is 10.5 Å². The molecule has 0 heterocycles. The van der Waals surface area contributed by atoms with Gasteiger partial charge in [-0.25, -0.2) is 4.79 Å². The van der Waals surface area contributed by atoms with Crippen molar-refractivity contribution in [3.63, 3.8) is 0 Å². The molecule has 0 spiro atoms. The van der Waals surface area contributed by atoms with Crippen LogP contribution in [-0.4, -0.2) is 19.0 Å². The van der Waals surface area contributed by atoms with Crippen LogP contribution in [0.5, 0.6) is 0 Å². The quantitative estimate of drug-likeness (QED) is 0.527. The highest BCUT2D eigenvalue weighted by molar-refractivity contribution is 6.11. The van der Waals surface area contributed by atoms with E-state index in [1.165, 1.54) is 19.3 Å². The summed E-state index contributed by atoms with van der Waals surface area (Å²) in [6.07, 6.45) is 1.40. The summed E-state index contributed by atoms with van der Waals surface area (Å²) in [6.45, 7) is 0. The molecule has 0 aliphatic rings. The van der Waals surface area contributed by atoms with E-state index in [0.29, 0.717) is 11.1 Å². The molecule has 0 fully saturated rings. The number of amides is 1. The number of nitrogens with one attached hydrogen (secondary N) is 1. The van der Waals surface area contributed by atoms with Gasteiger partial charge in [-0.05, 0) is 35.9 Å². The Morgan fingerprint density at radius 3 is 2.36 bits per heavy atom. The summed E-state index contributed by atoms with van der Waals surface area (Å²) in [5.74, 6) is -1.24. The van der Waals surface area contributed by atoms with Gasteiger partial charge in [-0.15, -0.1) is 0 Å². The van der Waals surface area contributed by atoms with Gasteiger partial charge >= 0.3 is 5.97 Å². The van der Waals surface area contributed by atoms with Crippen LogP contribution in [0.15, 0.2) is 54.1 Å². The normalized spacial score (nSPS) is 10.3. The molecule has 2 aromatic rings.